The number of rotatable bonds is 4. The Labute approximate surface area is 158 Å². The monoisotopic (exact) mass is 378 g/mol. The van der Waals surface area contributed by atoms with Gasteiger partial charge in [-0.15, -0.1) is 11.8 Å². The van der Waals surface area contributed by atoms with E-state index in [2.05, 4.69) is 11.9 Å². The van der Waals surface area contributed by atoms with Crippen molar-refractivity contribution < 1.29 is 19.0 Å². The van der Waals surface area contributed by atoms with Crippen molar-refractivity contribution in [3.63, 3.8) is 0 Å². The third-order valence-electron chi connectivity index (χ3n) is 5.19. The van der Waals surface area contributed by atoms with Gasteiger partial charge in [0.15, 0.2) is 11.5 Å². The second-order valence-corrected chi connectivity index (χ2v) is 8.37. The summed E-state index contributed by atoms with van der Waals surface area (Å²) in [6.07, 6.45) is 0.559. The number of thioether (sulfide) groups is 1. The second-order valence-electron chi connectivity index (χ2n) is 7.20. The van der Waals surface area contributed by atoms with Crippen LogP contribution in [0.2, 0.25) is 0 Å². The van der Waals surface area contributed by atoms with Gasteiger partial charge < -0.3 is 19.1 Å². The van der Waals surface area contributed by atoms with Crippen molar-refractivity contribution in [1.82, 2.24) is 9.80 Å². The Balaban J connectivity index is 1.30. The molecule has 6 nitrogen and oxygen atoms in total. The third kappa shape index (κ3) is 4.10. The lowest BCUT2D eigenvalue weighted by Crippen LogP contribution is -2.44. The van der Waals surface area contributed by atoms with Crippen molar-refractivity contribution in [1.29, 1.82) is 0 Å². The summed E-state index contributed by atoms with van der Waals surface area (Å²) >= 11 is 1.69. The van der Waals surface area contributed by atoms with Crippen LogP contribution in [0, 0.1) is 5.92 Å². The number of amides is 1. The van der Waals surface area contributed by atoms with E-state index in [9.17, 15) is 4.79 Å². The molecule has 7 heteroatoms. The zero-order valence-electron chi connectivity index (χ0n) is 15.2. The molecular weight excluding hydrogens is 352 g/mol. The van der Waals surface area contributed by atoms with E-state index in [1.807, 2.05) is 23.1 Å². The van der Waals surface area contributed by atoms with Crippen LogP contribution in [0.5, 0.6) is 11.5 Å². The van der Waals surface area contributed by atoms with Crippen LogP contribution in [0.25, 0.3) is 0 Å². The largest absolute Gasteiger partial charge is 0.486 e. The first kappa shape index (κ1) is 17.9. The van der Waals surface area contributed by atoms with Crippen molar-refractivity contribution in [2.75, 3.05) is 58.9 Å². The summed E-state index contributed by atoms with van der Waals surface area (Å²) in [5, 5.41) is 0. The van der Waals surface area contributed by atoms with Crippen LogP contribution in [-0.4, -0.2) is 80.6 Å². The van der Waals surface area contributed by atoms with Gasteiger partial charge in [0, 0.05) is 42.6 Å². The number of carbonyl (C=O) groups excluding carboxylic acids is 1. The van der Waals surface area contributed by atoms with Crippen LogP contribution in [0.15, 0.2) is 23.1 Å². The minimum Gasteiger partial charge on any atom is -0.486 e. The highest BCUT2D eigenvalue weighted by Gasteiger charge is 2.33. The molecule has 2 saturated heterocycles. The normalized spacial score (nSPS) is 25.7. The minimum atomic E-state index is 0.252. The first-order valence-electron chi connectivity index (χ1n) is 9.27. The van der Waals surface area contributed by atoms with E-state index in [1.54, 1.807) is 11.8 Å². The molecule has 26 heavy (non-hydrogen) atoms. The first-order valence-corrected chi connectivity index (χ1v) is 10.3. The fourth-order valence-corrected chi connectivity index (χ4v) is 4.65. The van der Waals surface area contributed by atoms with E-state index in [-0.39, 0.29) is 5.91 Å². The highest BCUT2D eigenvalue weighted by atomic mass is 32.2. The Bertz CT molecular complexity index is 656. The third-order valence-corrected chi connectivity index (χ3v) is 6.19. The molecule has 2 atom stereocenters. The summed E-state index contributed by atoms with van der Waals surface area (Å²) in [6.45, 7) is 5.29. The standard InChI is InChI=1S/C19H26N2O4S/c1-20-9-14-10-21(11-15(20)13-23-12-14)19(22)4-7-26-16-2-3-17-18(8-16)25-6-5-24-17/h2-3,8,14-15H,4-7,9-13H2,1H3/t14-,15+/m1/s1. The van der Waals surface area contributed by atoms with Gasteiger partial charge in [0.25, 0.3) is 0 Å². The molecule has 0 N–H and O–H groups in total. The second kappa shape index (κ2) is 8.06. The number of ether oxygens (including phenoxy) is 3. The molecule has 1 aromatic rings. The lowest BCUT2D eigenvalue weighted by molar-refractivity contribution is -0.132. The summed E-state index contributed by atoms with van der Waals surface area (Å²) in [7, 11) is 2.14. The van der Waals surface area contributed by atoms with Crippen LogP contribution in [0.4, 0.5) is 0 Å². The molecule has 0 radical (unpaired) electrons. The SMILES string of the molecule is CN1C[C@H]2COC[C@@H]1CN(C(=O)CCSc1ccc3c(c1)OCCO3)C2. The highest BCUT2D eigenvalue weighted by Crippen LogP contribution is 2.34. The summed E-state index contributed by atoms with van der Waals surface area (Å²) < 4.78 is 16.9. The molecule has 0 aliphatic carbocycles. The molecule has 0 spiro atoms. The average Bonchev–Trinajstić information content (AvgIpc) is 2.90. The Kier molecular flexibility index (Phi) is 5.57. The Morgan fingerprint density at radius 1 is 1.15 bits per heavy atom. The van der Waals surface area contributed by atoms with Gasteiger partial charge >= 0.3 is 0 Å². The van der Waals surface area contributed by atoms with Crippen LogP contribution in [-0.2, 0) is 9.53 Å². The van der Waals surface area contributed by atoms with Gasteiger partial charge in [0.05, 0.1) is 19.3 Å². The number of carbonyl (C=O) groups is 1. The quantitative estimate of drug-likeness (QED) is 0.744. The Morgan fingerprint density at radius 3 is 2.88 bits per heavy atom. The lowest BCUT2D eigenvalue weighted by atomic mass is 10.1. The van der Waals surface area contributed by atoms with Crippen molar-refractivity contribution in [3.05, 3.63) is 18.2 Å². The molecule has 4 rings (SSSR count). The molecule has 0 unspecified atom stereocenters. The van der Waals surface area contributed by atoms with Gasteiger partial charge in [-0.05, 0) is 25.2 Å². The van der Waals surface area contributed by atoms with Crippen molar-refractivity contribution in [2.45, 2.75) is 17.4 Å². The molecule has 3 aliphatic rings. The van der Waals surface area contributed by atoms with Gasteiger partial charge in [-0.3, -0.25) is 9.69 Å². The number of nitrogens with zero attached hydrogens (tertiary/aromatic N) is 2. The molecule has 142 valence electrons. The predicted octanol–water partition coefficient (Wildman–Crippen LogP) is 1.73. The summed E-state index contributed by atoms with van der Waals surface area (Å²) in [4.78, 5) is 18.2. The Hall–Kier alpha value is -1.44. The molecule has 3 aliphatic heterocycles. The predicted molar refractivity (Wildman–Crippen MR) is 100 cm³/mol. The van der Waals surface area contributed by atoms with Crippen molar-refractivity contribution in [2.24, 2.45) is 5.92 Å². The van der Waals surface area contributed by atoms with E-state index in [0.29, 0.717) is 31.6 Å². The average molecular weight is 378 g/mol. The van der Waals surface area contributed by atoms with Crippen LogP contribution < -0.4 is 9.47 Å². The zero-order chi connectivity index (χ0) is 17.9. The number of hydrogen-bond acceptors (Lipinski definition) is 6. The molecular formula is C19H26N2O4S. The van der Waals surface area contributed by atoms with E-state index in [1.165, 1.54) is 0 Å². The maximum absolute atomic E-state index is 12.7. The molecule has 3 heterocycles. The summed E-state index contributed by atoms with van der Waals surface area (Å²) in [6, 6.07) is 6.30. The van der Waals surface area contributed by atoms with Gasteiger partial charge in [0.2, 0.25) is 5.91 Å². The van der Waals surface area contributed by atoms with Gasteiger partial charge in [-0.2, -0.15) is 0 Å². The van der Waals surface area contributed by atoms with E-state index in [0.717, 1.165) is 55.0 Å². The van der Waals surface area contributed by atoms with Crippen molar-refractivity contribution in [3.8, 4) is 11.5 Å². The highest BCUT2D eigenvalue weighted by molar-refractivity contribution is 7.99. The smallest absolute Gasteiger partial charge is 0.223 e. The number of benzene rings is 1. The molecule has 0 aromatic heterocycles. The molecule has 2 bridgehead atoms. The van der Waals surface area contributed by atoms with Crippen LogP contribution in [0.3, 0.4) is 0 Å². The fraction of sp³-hybridized carbons (Fsp3) is 0.632. The minimum absolute atomic E-state index is 0.252. The molecule has 2 fully saturated rings. The maximum Gasteiger partial charge on any atom is 0.223 e. The zero-order valence-corrected chi connectivity index (χ0v) is 16.0. The number of hydrogen-bond donors (Lipinski definition) is 0. The van der Waals surface area contributed by atoms with E-state index >= 15 is 0 Å². The van der Waals surface area contributed by atoms with Crippen LogP contribution in [0.1, 0.15) is 6.42 Å². The summed E-state index contributed by atoms with van der Waals surface area (Å²) in [5.41, 5.74) is 0. The van der Waals surface area contributed by atoms with E-state index < -0.39 is 0 Å². The van der Waals surface area contributed by atoms with Crippen molar-refractivity contribution >= 4 is 17.7 Å². The van der Waals surface area contributed by atoms with Gasteiger partial charge in [-0.1, -0.05) is 0 Å². The Morgan fingerprint density at radius 2 is 2.00 bits per heavy atom. The molecule has 1 aromatic carbocycles. The van der Waals surface area contributed by atoms with Gasteiger partial charge in [-0.25, -0.2) is 0 Å². The van der Waals surface area contributed by atoms with Crippen LogP contribution >= 0.6 is 11.8 Å². The topological polar surface area (TPSA) is 51.2 Å². The maximum atomic E-state index is 12.7. The molecule has 1 amide bonds. The first-order chi connectivity index (χ1) is 12.7. The van der Waals surface area contributed by atoms with Gasteiger partial charge in [0.1, 0.15) is 13.2 Å². The van der Waals surface area contributed by atoms with E-state index in [4.69, 9.17) is 14.2 Å². The molecule has 0 saturated carbocycles. The number of likely N-dealkylation sites (N-methyl/N-ethyl adjacent to an activating group) is 1. The lowest BCUT2D eigenvalue weighted by Gasteiger charge is -2.29. The number of fused-ring (bicyclic) bond motifs is 4. The fourth-order valence-electron chi connectivity index (χ4n) is 3.78. The summed E-state index contributed by atoms with van der Waals surface area (Å²) in [5.74, 6) is 3.05.